The highest BCUT2D eigenvalue weighted by molar-refractivity contribution is 5.92. The number of H-pyrrole nitrogens is 1. The van der Waals surface area contributed by atoms with Crippen LogP contribution in [0.1, 0.15) is 25.0 Å². The van der Waals surface area contributed by atoms with Gasteiger partial charge in [-0.15, -0.1) is 0 Å². The number of nitrogens with zero attached hydrogens (tertiary/aromatic N) is 1. The number of nitrogens with two attached hydrogens (primary N) is 1. The van der Waals surface area contributed by atoms with Gasteiger partial charge in [0.05, 0.1) is 6.10 Å². The fourth-order valence-corrected chi connectivity index (χ4v) is 2.94. The molecule has 0 bridgehead atoms. The molecule has 2 aromatic carbocycles. The van der Waals surface area contributed by atoms with Crippen LogP contribution in [-0.2, 0) is 6.42 Å². The Bertz CT molecular complexity index is 894. The Balaban J connectivity index is 1.57. The summed E-state index contributed by atoms with van der Waals surface area (Å²) in [5.74, 6) is 1.26. The molecule has 0 atom stereocenters. The van der Waals surface area contributed by atoms with Crippen LogP contribution in [0.25, 0.3) is 10.9 Å². The van der Waals surface area contributed by atoms with E-state index in [2.05, 4.69) is 46.6 Å². The van der Waals surface area contributed by atoms with Gasteiger partial charge < -0.3 is 20.8 Å². The van der Waals surface area contributed by atoms with Crippen molar-refractivity contribution in [2.75, 3.05) is 11.9 Å². The number of aryl methyl sites for hydroxylation is 1. The highest BCUT2D eigenvalue weighted by Gasteiger charge is 2.05. The standard InChI is InChI=1S/C21H26N4O/c1-14(2)26-18-9-7-17(8-10-18)25-21(22)23-12-11-16-13-24-20-15(3)5-4-6-19(16)20/h4-10,13-14,24H,11-12H2,1-3H3,(H3,22,23,25). The number of rotatable bonds is 6. The molecule has 0 aliphatic carbocycles. The van der Waals surface area contributed by atoms with Crippen molar-refractivity contribution < 1.29 is 4.74 Å². The Labute approximate surface area is 154 Å². The van der Waals surface area contributed by atoms with Gasteiger partial charge in [0.15, 0.2) is 5.96 Å². The molecule has 0 radical (unpaired) electrons. The van der Waals surface area contributed by atoms with Crippen molar-refractivity contribution in [3.63, 3.8) is 0 Å². The lowest BCUT2D eigenvalue weighted by molar-refractivity contribution is 0.242. The topological polar surface area (TPSA) is 75.4 Å². The van der Waals surface area contributed by atoms with E-state index in [4.69, 9.17) is 10.5 Å². The molecular weight excluding hydrogens is 324 g/mol. The molecule has 5 nitrogen and oxygen atoms in total. The summed E-state index contributed by atoms with van der Waals surface area (Å²) in [6.07, 6.45) is 3.06. The van der Waals surface area contributed by atoms with Crippen LogP contribution in [0.15, 0.2) is 53.7 Å². The zero-order valence-corrected chi connectivity index (χ0v) is 15.5. The van der Waals surface area contributed by atoms with Gasteiger partial charge in [0, 0.05) is 29.3 Å². The number of fused-ring (bicyclic) bond motifs is 1. The van der Waals surface area contributed by atoms with E-state index in [9.17, 15) is 0 Å². The van der Waals surface area contributed by atoms with Gasteiger partial charge in [-0.3, -0.25) is 4.99 Å². The van der Waals surface area contributed by atoms with Crippen molar-refractivity contribution in [3.8, 4) is 5.75 Å². The van der Waals surface area contributed by atoms with E-state index in [1.165, 1.54) is 22.0 Å². The van der Waals surface area contributed by atoms with Crippen LogP contribution in [0.2, 0.25) is 0 Å². The van der Waals surface area contributed by atoms with Crippen LogP contribution in [0.4, 0.5) is 5.69 Å². The number of hydrogen-bond acceptors (Lipinski definition) is 2. The summed E-state index contributed by atoms with van der Waals surface area (Å²) in [7, 11) is 0. The molecule has 136 valence electrons. The molecule has 3 rings (SSSR count). The predicted molar refractivity (Wildman–Crippen MR) is 109 cm³/mol. The van der Waals surface area contributed by atoms with Crippen LogP contribution in [0.5, 0.6) is 5.75 Å². The molecule has 0 fully saturated rings. The number of para-hydroxylation sites is 1. The smallest absolute Gasteiger partial charge is 0.193 e. The van der Waals surface area contributed by atoms with Gasteiger partial charge in [-0.1, -0.05) is 18.2 Å². The lowest BCUT2D eigenvalue weighted by Crippen LogP contribution is -2.23. The van der Waals surface area contributed by atoms with Crippen LogP contribution < -0.4 is 15.8 Å². The molecule has 1 aromatic heterocycles. The van der Waals surface area contributed by atoms with E-state index in [1.54, 1.807) is 0 Å². The molecule has 0 saturated carbocycles. The molecular formula is C21H26N4O. The largest absolute Gasteiger partial charge is 0.491 e. The normalized spacial score (nSPS) is 11.9. The van der Waals surface area contributed by atoms with Gasteiger partial charge in [0.25, 0.3) is 0 Å². The first-order chi connectivity index (χ1) is 12.5. The molecule has 0 aliphatic rings. The Kier molecular flexibility index (Phi) is 5.46. The first-order valence-corrected chi connectivity index (χ1v) is 8.92. The fraction of sp³-hybridized carbons (Fsp3) is 0.286. The minimum absolute atomic E-state index is 0.161. The Morgan fingerprint density at radius 1 is 1.19 bits per heavy atom. The molecule has 0 amide bonds. The molecule has 26 heavy (non-hydrogen) atoms. The Morgan fingerprint density at radius 3 is 2.69 bits per heavy atom. The monoisotopic (exact) mass is 350 g/mol. The predicted octanol–water partition coefficient (Wildman–Crippen LogP) is 4.23. The van der Waals surface area contributed by atoms with Crippen molar-refractivity contribution in [2.24, 2.45) is 10.7 Å². The first-order valence-electron chi connectivity index (χ1n) is 8.92. The maximum absolute atomic E-state index is 6.00. The highest BCUT2D eigenvalue weighted by atomic mass is 16.5. The van der Waals surface area contributed by atoms with E-state index in [0.29, 0.717) is 12.5 Å². The molecule has 5 heteroatoms. The van der Waals surface area contributed by atoms with Crippen molar-refractivity contribution in [2.45, 2.75) is 33.3 Å². The van der Waals surface area contributed by atoms with Gasteiger partial charge >= 0.3 is 0 Å². The van der Waals surface area contributed by atoms with Crippen molar-refractivity contribution >= 4 is 22.5 Å². The number of benzene rings is 2. The first kappa shape index (κ1) is 17.9. The molecule has 0 saturated heterocycles. The Hall–Kier alpha value is -2.95. The summed E-state index contributed by atoms with van der Waals surface area (Å²) in [6.45, 7) is 6.76. The summed E-state index contributed by atoms with van der Waals surface area (Å²) in [6, 6.07) is 14.0. The van der Waals surface area contributed by atoms with Crippen molar-refractivity contribution in [1.29, 1.82) is 0 Å². The zero-order valence-electron chi connectivity index (χ0n) is 15.5. The van der Waals surface area contributed by atoms with Crippen LogP contribution in [-0.4, -0.2) is 23.6 Å². The number of hydrogen-bond donors (Lipinski definition) is 3. The summed E-state index contributed by atoms with van der Waals surface area (Å²) in [4.78, 5) is 7.78. The van der Waals surface area contributed by atoms with Gasteiger partial charge in [-0.25, -0.2) is 0 Å². The highest BCUT2D eigenvalue weighted by Crippen LogP contribution is 2.21. The second-order valence-electron chi connectivity index (χ2n) is 6.64. The third-order valence-corrected chi connectivity index (χ3v) is 4.17. The number of aromatic amines is 1. The number of nitrogens with one attached hydrogen (secondary N) is 2. The number of aliphatic imine (C=N–C) groups is 1. The molecule has 3 aromatic rings. The summed E-state index contributed by atoms with van der Waals surface area (Å²) in [5.41, 5.74) is 10.6. The summed E-state index contributed by atoms with van der Waals surface area (Å²) in [5, 5.41) is 4.37. The van der Waals surface area contributed by atoms with E-state index in [-0.39, 0.29) is 6.10 Å². The van der Waals surface area contributed by atoms with E-state index >= 15 is 0 Å². The van der Waals surface area contributed by atoms with Crippen molar-refractivity contribution in [3.05, 3.63) is 59.8 Å². The minimum Gasteiger partial charge on any atom is -0.491 e. The average Bonchev–Trinajstić information content (AvgIpc) is 3.01. The quantitative estimate of drug-likeness (QED) is 0.460. The van der Waals surface area contributed by atoms with Gasteiger partial charge in [-0.05, 0) is 62.6 Å². The lowest BCUT2D eigenvalue weighted by Gasteiger charge is -2.10. The van der Waals surface area contributed by atoms with Gasteiger partial charge in [-0.2, -0.15) is 0 Å². The molecule has 0 unspecified atom stereocenters. The average molecular weight is 350 g/mol. The van der Waals surface area contributed by atoms with Crippen LogP contribution in [0.3, 0.4) is 0 Å². The Morgan fingerprint density at radius 2 is 1.96 bits per heavy atom. The second-order valence-corrected chi connectivity index (χ2v) is 6.64. The van der Waals surface area contributed by atoms with Crippen molar-refractivity contribution in [1.82, 2.24) is 4.98 Å². The third-order valence-electron chi connectivity index (χ3n) is 4.17. The molecule has 4 N–H and O–H groups in total. The maximum atomic E-state index is 6.00. The number of anilines is 1. The van der Waals surface area contributed by atoms with E-state index < -0.39 is 0 Å². The van der Waals surface area contributed by atoms with E-state index in [1.807, 2.05) is 38.1 Å². The summed E-state index contributed by atoms with van der Waals surface area (Å²) < 4.78 is 5.63. The van der Waals surface area contributed by atoms with Gasteiger partial charge in [0.2, 0.25) is 0 Å². The van der Waals surface area contributed by atoms with Crippen LogP contribution in [0, 0.1) is 6.92 Å². The van der Waals surface area contributed by atoms with Crippen LogP contribution >= 0.6 is 0 Å². The van der Waals surface area contributed by atoms with E-state index in [0.717, 1.165) is 17.9 Å². The SMILES string of the molecule is Cc1cccc2c(CCN=C(N)Nc3ccc(OC(C)C)cc3)c[nH]c12. The molecule has 0 spiro atoms. The second kappa shape index (κ2) is 7.95. The lowest BCUT2D eigenvalue weighted by atomic mass is 10.1. The molecule has 1 heterocycles. The number of aromatic nitrogens is 1. The van der Waals surface area contributed by atoms with Gasteiger partial charge in [0.1, 0.15) is 5.75 Å². The molecule has 0 aliphatic heterocycles. The fourth-order valence-electron chi connectivity index (χ4n) is 2.94. The minimum atomic E-state index is 0.161. The number of ether oxygens (including phenoxy) is 1. The number of guanidine groups is 1. The zero-order chi connectivity index (χ0) is 18.5. The maximum Gasteiger partial charge on any atom is 0.193 e. The third kappa shape index (κ3) is 4.36. The summed E-state index contributed by atoms with van der Waals surface area (Å²) >= 11 is 0.